The summed E-state index contributed by atoms with van der Waals surface area (Å²) >= 11 is 0. The minimum Gasteiger partial charge on any atom is -0.364 e. The fraction of sp³-hybridized carbons (Fsp3) is 0.875. The van der Waals surface area contributed by atoms with Gasteiger partial charge in [0.25, 0.3) is 5.54 Å². The van der Waals surface area contributed by atoms with Crippen LogP contribution in [0.3, 0.4) is 0 Å². The maximum absolute atomic E-state index is 6.95. The van der Waals surface area contributed by atoms with E-state index in [2.05, 4.69) is 18.7 Å². The Labute approximate surface area is 62.0 Å². The summed E-state index contributed by atoms with van der Waals surface area (Å²) in [5, 5.41) is 0. The van der Waals surface area contributed by atoms with Gasteiger partial charge in [-0.1, -0.05) is 13.8 Å². The molecule has 56 valence electrons. The lowest BCUT2D eigenvalue weighted by Gasteiger charge is -2.31. The second kappa shape index (κ2) is 2.59. The monoisotopic (exact) mass is 139 g/mol. The van der Waals surface area contributed by atoms with Crippen LogP contribution in [0, 0.1) is 12.5 Å². The van der Waals surface area contributed by atoms with Gasteiger partial charge in [0.1, 0.15) is 13.2 Å². The summed E-state index contributed by atoms with van der Waals surface area (Å²) < 4.78 is 5.02. The van der Waals surface area contributed by atoms with Crippen molar-refractivity contribution in [1.82, 2.24) is 0 Å². The van der Waals surface area contributed by atoms with E-state index in [1.54, 1.807) is 0 Å². The standard InChI is InChI=1S/C8H13NO/c1-7(2)4-8(9-3)5-10-6-8/h7H,4-6H2,1-2H3. The molecule has 2 heteroatoms. The Hall–Kier alpha value is -0.550. The van der Waals surface area contributed by atoms with Gasteiger partial charge in [-0.3, -0.25) is 0 Å². The molecule has 0 bridgehead atoms. The Kier molecular flexibility index (Phi) is 1.96. The van der Waals surface area contributed by atoms with Crippen molar-refractivity contribution in [3.63, 3.8) is 0 Å². The predicted molar refractivity (Wildman–Crippen MR) is 39.6 cm³/mol. The first kappa shape index (κ1) is 7.56. The molecule has 0 radical (unpaired) electrons. The lowest BCUT2D eigenvalue weighted by Crippen LogP contribution is -2.47. The van der Waals surface area contributed by atoms with Gasteiger partial charge in [-0.05, 0) is 5.92 Å². The highest BCUT2D eigenvalue weighted by Crippen LogP contribution is 2.29. The molecule has 0 aromatic carbocycles. The number of rotatable bonds is 2. The van der Waals surface area contributed by atoms with Crippen LogP contribution in [0.4, 0.5) is 0 Å². The minimum absolute atomic E-state index is 0.145. The summed E-state index contributed by atoms with van der Waals surface area (Å²) in [6, 6.07) is 0. The zero-order chi connectivity index (χ0) is 7.61. The zero-order valence-electron chi connectivity index (χ0n) is 6.55. The van der Waals surface area contributed by atoms with Gasteiger partial charge in [-0.25, -0.2) is 6.57 Å². The molecule has 0 atom stereocenters. The summed E-state index contributed by atoms with van der Waals surface area (Å²) in [5.41, 5.74) is -0.145. The Morgan fingerprint density at radius 1 is 1.60 bits per heavy atom. The molecule has 0 amide bonds. The molecule has 0 aromatic rings. The Bertz CT molecular complexity index is 153. The fourth-order valence-electron chi connectivity index (χ4n) is 1.33. The van der Waals surface area contributed by atoms with Gasteiger partial charge < -0.3 is 9.58 Å². The predicted octanol–water partition coefficient (Wildman–Crippen LogP) is 1.72. The van der Waals surface area contributed by atoms with Crippen molar-refractivity contribution in [3.8, 4) is 0 Å². The topological polar surface area (TPSA) is 13.6 Å². The van der Waals surface area contributed by atoms with Crippen LogP contribution in [-0.4, -0.2) is 18.8 Å². The van der Waals surface area contributed by atoms with E-state index >= 15 is 0 Å². The minimum atomic E-state index is -0.145. The van der Waals surface area contributed by atoms with Crippen molar-refractivity contribution in [3.05, 3.63) is 11.4 Å². The van der Waals surface area contributed by atoms with Crippen LogP contribution in [-0.2, 0) is 4.74 Å². The molecule has 1 heterocycles. The average Bonchev–Trinajstić information content (AvgIpc) is 1.78. The Balaban J connectivity index is 2.43. The van der Waals surface area contributed by atoms with E-state index in [4.69, 9.17) is 11.3 Å². The van der Waals surface area contributed by atoms with E-state index in [9.17, 15) is 0 Å². The van der Waals surface area contributed by atoms with Gasteiger partial charge in [0.2, 0.25) is 0 Å². The first-order valence-corrected chi connectivity index (χ1v) is 3.65. The number of nitrogens with zero attached hydrogens (tertiary/aromatic N) is 1. The largest absolute Gasteiger partial charge is 0.364 e. The third-order valence-electron chi connectivity index (χ3n) is 1.77. The van der Waals surface area contributed by atoms with E-state index in [0.29, 0.717) is 19.1 Å². The van der Waals surface area contributed by atoms with Gasteiger partial charge in [0.05, 0.1) is 0 Å². The van der Waals surface area contributed by atoms with Crippen LogP contribution >= 0.6 is 0 Å². The molecule has 1 rings (SSSR count). The lowest BCUT2D eigenvalue weighted by molar-refractivity contribution is -0.0413. The van der Waals surface area contributed by atoms with Crippen molar-refractivity contribution >= 4 is 0 Å². The lowest BCUT2D eigenvalue weighted by atomic mass is 9.88. The van der Waals surface area contributed by atoms with Crippen LogP contribution < -0.4 is 0 Å². The van der Waals surface area contributed by atoms with Crippen LogP contribution in [0.25, 0.3) is 4.85 Å². The van der Waals surface area contributed by atoms with Gasteiger partial charge >= 0.3 is 0 Å². The number of ether oxygens (including phenoxy) is 1. The van der Waals surface area contributed by atoms with Gasteiger partial charge in [0.15, 0.2) is 0 Å². The van der Waals surface area contributed by atoms with Crippen molar-refractivity contribution < 1.29 is 4.74 Å². The first-order valence-electron chi connectivity index (χ1n) is 3.65. The molecule has 1 fully saturated rings. The highest BCUT2D eigenvalue weighted by Gasteiger charge is 2.45. The van der Waals surface area contributed by atoms with E-state index in [1.807, 2.05) is 0 Å². The molecule has 0 N–H and O–H groups in total. The molecular formula is C8H13NO. The van der Waals surface area contributed by atoms with E-state index in [1.165, 1.54) is 0 Å². The molecule has 1 saturated heterocycles. The van der Waals surface area contributed by atoms with Crippen LogP contribution in [0.1, 0.15) is 20.3 Å². The maximum Gasteiger partial charge on any atom is 0.278 e. The maximum atomic E-state index is 6.95. The third kappa shape index (κ3) is 1.30. The molecule has 0 aliphatic carbocycles. The zero-order valence-corrected chi connectivity index (χ0v) is 6.55. The summed E-state index contributed by atoms with van der Waals surface area (Å²) in [6.07, 6.45) is 0.983. The average molecular weight is 139 g/mol. The quantitative estimate of drug-likeness (QED) is 0.531. The van der Waals surface area contributed by atoms with E-state index in [0.717, 1.165) is 6.42 Å². The van der Waals surface area contributed by atoms with Gasteiger partial charge in [-0.15, -0.1) is 0 Å². The Morgan fingerprint density at radius 2 is 2.20 bits per heavy atom. The summed E-state index contributed by atoms with van der Waals surface area (Å²) in [7, 11) is 0. The smallest absolute Gasteiger partial charge is 0.278 e. The molecule has 0 saturated carbocycles. The second-order valence-corrected chi connectivity index (χ2v) is 3.43. The van der Waals surface area contributed by atoms with Crippen molar-refractivity contribution in [2.24, 2.45) is 5.92 Å². The van der Waals surface area contributed by atoms with Crippen LogP contribution in [0.2, 0.25) is 0 Å². The molecule has 1 aliphatic heterocycles. The normalized spacial score (nSPS) is 21.8. The SMILES string of the molecule is [C-]#[N+]C1(CC(C)C)COC1. The van der Waals surface area contributed by atoms with Gasteiger partial charge in [0, 0.05) is 6.42 Å². The fourth-order valence-corrected chi connectivity index (χ4v) is 1.33. The molecule has 2 nitrogen and oxygen atoms in total. The van der Waals surface area contributed by atoms with Crippen molar-refractivity contribution in [1.29, 1.82) is 0 Å². The van der Waals surface area contributed by atoms with Crippen molar-refractivity contribution in [2.45, 2.75) is 25.8 Å². The number of hydrogen-bond acceptors (Lipinski definition) is 1. The second-order valence-electron chi connectivity index (χ2n) is 3.43. The molecule has 0 unspecified atom stereocenters. The molecular weight excluding hydrogens is 126 g/mol. The number of hydrogen-bond donors (Lipinski definition) is 0. The van der Waals surface area contributed by atoms with Crippen molar-refractivity contribution in [2.75, 3.05) is 13.2 Å². The molecule has 1 aliphatic rings. The highest BCUT2D eigenvalue weighted by atomic mass is 16.5. The van der Waals surface area contributed by atoms with Crippen LogP contribution in [0.15, 0.2) is 0 Å². The third-order valence-corrected chi connectivity index (χ3v) is 1.77. The van der Waals surface area contributed by atoms with Crippen LogP contribution in [0.5, 0.6) is 0 Å². The summed E-state index contributed by atoms with van der Waals surface area (Å²) in [6.45, 7) is 12.5. The molecule has 10 heavy (non-hydrogen) atoms. The molecule has 0 spiro atoms. The van der Waals surface area contributed by atoms with Gasteiger partial charge in [-0.2, -0.15) is 0 Å². The summed E-state index contributed by atoms with van der Waals surface area (Å²) in [4.78, 5) is 3.59. The van der Waals surface area contributed by atoms with E-state index in [-0.39, 0.29) is 5.54 Å². The Morgan fingerprint density at radius 3 is 2.30 bits per heavy atom. The summed E-state index contributed by atoms with van der Waals surface area (Å²) in [5.74, 6) is 0.609. The first-order chi connectivity index (χ1) is 4.68. The highest BCUT2D eigenvalue weighted by molar-refractivity contribution is 5.04. The van der Waals surface area contributed by atoms with E-state index < -0.39 is 0 Å². The molecule has 0 aromatic heterocycles.